The molecule has 0 unspecified atom stereocenters. The number of phenols is 1. The van der Waals surface area contributed by atoms with Gasteiger partial charge in [-0.05, 0) is 42.3 Å². The van der Waals surface area contributed by atoms with Crippen molar-refractivity contribution < 1.29 is 32.5 Å². The van der Waals surface area contributed by atoms with Crippen LogP contribution in [0.4, 0.5) is 23.7 Å². The van der Waals surface area contributed by atoms with Gasteiger partial charge in [0.25, 0.3) is 0 Å². The summed E-state index contributed by atoms with van der Waals surface area (Å²) in [5.41, 5.74) is 5.92. The minimum absolute atomic E-state index is 0.0119. The van der Waals surface area contributed by atoms with E-state index in [1.54, 1.807) is 0 Å². The number of halogens is 3. The zero-order valence-electron chi connectivity index (χ0n) is 15.6. The lowest BCUT2D eigenvalue weighted by Crippen LogP contribution is -2.38. The maximum absolute atomic E-state index is 12.9. The van der Waals surface area contributed by atoms with E-state index >= 15 is 0 Å². The number of rotatable bonds is 6. The van der Waals surface area contributed by atoms with E-state index in [1.165, 1.54) is 37.4 Å². The van der Waals surface area contributed by atoms with E-state index < -0.39 is 18.1 Å². The lowest BCUT2D eigenvalue weighted by molar-refractivity contribution is -0.275. The topological polar surface area (TPSA) is 86.3 Å². The monoisotopic (exact) mass is 412 g/mol. The van der Waals surface area contributed by atoms with Crippen LogP contribution in [0, 0.1) is 0 Å². The molecule has 0 spiro atoms. The molecule has 2 amide bonds. The number of hydrogen-bond donors (Lipinski definition) is 3. The number of nitrogens with one attached hydrogen (secondary N) is 2. The second-order valence-electron chi connectivity index (χ2n) is 6.14. The number of aryl methyl sites for hydroxylation is 1. The quantitative estimate of drug-likeness (QED) is 0.676. The Balaban J connectivity index is 1.97. The molecule has 0 aliphatic carbocycles. The van der Waals surface area contributed by atoms with E-state index in [0.29, 0.717) is 17.7 Å². The Morgan fingerprint density at radius 1 is 1.14 bits per heavy atom. The molecule has 0 bridgehead atoms. The minimum Gasteiger partial charge on any atom is -0.508 e. The van der Waals surface area contributed by atoms with Crippen LogP contribution in [0.15, 0.2) is 36.4 Å². The first-order valence-corrected chi connectivity index (χ1v) is 8.61. The molecule has 156 valence electrons. The van der Waals surface area contributed by atoms with Gasteiger partial charge < -0.3 is 14.6 Å². The summed E-state index contributed by atoms with van der Waals surface area (Å²) in [5, 5.41) is 11.8. The number of anilines is 1. The fourth-order valence-electron chi connectivity index (χ4n) is 2.80. The number of aromatic hydroxyl groups is 1. The van der Waals surface area contributed by atoms with Crippen molar-refractivity contribution in [3.8, 4) is 17.2 Å². The predicted molar refractivity (Wildman–Crippen MR) is 96.9 cm³/mol. The molecule has 8 nitrogen and oxygen atoms in total. The average Bonchev–Trinajstić information content (AvgIpc) is 2.98. The van der Waals surface area contributed by atoms with Gasteiger partial charge in [0.15, 0.2) is 0 Å². The minimum atomic E-state index is -4.92. The fraction of sp³-hybridized carbons (Fsp3) is 0.278. The molecule has 1 fully saturated rings. The summed E-state index contributed by atoms with van der Waals surface area (Å²) in [6.45, 7) is 1.54. The summed E-state index contributed by atoms with van der Waals surface area (Å²) >= 11 is 0. The summed E-state index contributed by atoms with van der Waals surface area (Å²) in [4.78, 5) is 12.3. The van der Waals surface area contributed by atoms with Crippen LogP contribution in [-0.2, 0) is 13.0 Å². The molecule has 0 atom stereocenters. The molecule has 1 aliphatic heterocycles. The van der Waals surface area contributed by atoms with E-state index in [1.807, 2.05) is 6.92 Å². The number of phenolic OH excluding ortho intramolecular Hbond substituents is 1. The van der Waals surface area contributed by atoms with Crippen molar-refractivity contribution in [2.24, 2.45) is 0 Å². The van der Waals surface area contributed by atoms with E-state index in [4.69, 9.17) is 4.74 Å². The Kier molecular flexibility index (Phi) is 5.71. The Labute approximate surface area is 164 Å². The second kappa shape index (κ2) is 8.05. The largest absolute Gasteiger partial charge is 0.573 e. The van der Waals surface area contributed by atoms with Crippen LogP contribution in [0.3, 0.4) is 0 Å². The Morgan fingerprint density at radius 2 is 1.90 bits per heavy atom. The van der Waals surface area contributed by atoms with Gasteiger partial charge in [0.1, 0.15) is 23.9 Å². The maximum atomic E-state index is 12.9. The fourth-order valence-corrected chi connectivity index (χ4v) is 2.80. The number of ether oxygens (including phenoxy) is 2. The highest BCUT2D eigenvalue weighted by molar-refractivity contribution is 5.93. The third-order valence-corrected chi connectivity index (χ3v) is 4.18. The molecule has 11 heteroatoms. The van der Waals surface area contributed by atoms with Crippen molar-refractivity contribution in [2.45, 2.75) is 26.3 Å². The number of urea groups is 1. The number of hydrogen-bond acceptors (Lipinski definition) is 6. The van der Waals surface area contributed by atoms with Gasteiger partial charge in [-0.3, -0.25) is 0 Å². The zero-order valence-corrected chi connectivity index (χ0v) is 15.6. The van der Waals surface area contributed by atoms with Crippen LogP contribution >= 0.6 is 0 Å². The van der Waals surface area contributed by atoms with Crippen LogP contribution in [0.25, 0.3) is 0 Å². The van der Waals surface area contributed by atoms with Crippen LogP contribution in [0.2, 0.25) is 0 Å². The van der Waals surface area contributed by atoms with E-state index in [2.05, 4.69) is 15.8 Å². The summed E-state index contributed by atoms with van der Waals surface area (Å²) < 4.78 is 48.5. The third kappa shape index (κ3) is 4.63. The van der Waals surface area contributed by atoms with Gasteiger partial charge in [0.05, 0.1) is 11.3 Å². The van der Waals surface area contributed by atoms with Crippen molar-refractivity contribution >= 4 is 11.7 Å². The molecule has 0 radical (unpaired) electrons. The van der Waals surface area contributed by atoms with Crippen molar-refractivity contribution in [2.75, 3.05) is 12.1 Å². The predicted octanol–water partition coefficient (Wildman–Crippen LogP) is 3.23. The first-order valence-electron chi connectivity index (χ1n) is 8.61. The van der Waals surface area contributed by atoms with Gasteiger partial charge in [-0.25, -0.2) is 14.8 Å². The highest BCUT2D eigenvalue weighted by Gasteiger charge is 2.35. The van der Waals surface area contributed by atoms with Crippen molar-refractivity contribution in [3.63, 3.8) is 0 Å². The molecule has 2 aromatic rings. The molecule has 29 heavy (non-hydrogen) atoms. The number of carbonyl (C=O) groups is 1. The Hall–Kier alpha value is -3.18. The average molecular weight is 412 g/mol. The third-order valence-electron chi connectivity index (χ3n) is 4.18. The summed E-state index contributed by atoms with van der Waals surface area (Å²) in [7, 11) is 1.45. The van der Waals surface area contributed by atoms with Crippen LogP contribution < -0.4 is 25.6 Å². The molecule has 1 heterocycles. The van der Waals surface area contributed by atoms with Crippen LogP contribution in [0.5, 0.6) is 17.2 Å². The van der Waals surface area contributed by atoms with Gasteiger partial charge in [-0.1, -0.05) is 13.0 Å². The van der Waals surface area contributed by atoms with Gasteiger partial charge >= 0.3 is 12.4 Å². The number of hydrazine groups is 3. The van der Waals surface area contributed by atoms with Crippen molar-refractivity contribution in [1.82, 2.24) is 16.1 Å². The normalized spacial score (nSPS) is 14.4. The standard InChI is InChI=1S/C18H19F3N4O4/c1-3-11-9-12(26)7-8-15(11)28-10-13-14(25-17(27)24(2)22-23-25)5-4-6-16(13)29-18(19,20)21/h4-9,22-23,26H,3,10H2,1-2H3. The summed E-state index contributed by atoms with van der Waals surface area (Å²) in [6, 6.07) is 7.86. The smallest absolute Gasteiger partial charge is 0.508 e. The molecule has 0 saturated carbocycles. The van der Waals surface area contributed by atoms with Crippen molar-refractivity contribution in [1.29, 1.82) is 0 Å². The second-order valence-corrected chi connectivity index (χ2v) is 6.14. The van der Waals surface area contributed by atoms with Gasteiger partial charge in [-0.15, -0.1) is 24.2 Å². The Morgan fingerprint density at radius 3 is 2.52 bits per heavy atom. The van der Waals surface area contributed by atoms with Crippen LogP contribution in [-0.4, -0.2) is 29.6 Å². The van der Waals surface area contributed by atoms with Crippen LogP contribution in [0.1, 0.15) is 18.1 Å². The molecular formula is C18H19F3N4O4. The number of carbonyl (C=O) groups excluding carboxylic acids is 1. The molecular weight excluding hydrogens is 393 g/mol. The number of alkyl halides is 3. The first kappa shape index (κ1) is 20.6. The molecule has 0 aromatic heterocycles. The van der Waals surface area contributed by atoms with E-state index in [0.717, 1.165) is 16.1 Å². The highest BCUT2D eigenvalue weighted by Crippen LogP contribution is 2.35. The van der Waals surface area contributed by atoms with Crippen molar-refractivity contribution in [3.05, 3.63) is 47.5 Å². The zero-order chi connectivity index (χ0) is 21.2. The lowest BCUT2D eigenvalue weighted by atomic mass is 10.1. The van der Waals surface area contributed by atoms with Gasteiger partial charge in [0.2, 0.25) is 0 Å². The maximum Gasteiger partial charge on any atom is 0.573 e. The Bertz CT molecular complexity index is 907. The molecule has 2 aromatic carbocycles. The first-order chi connectivity index (χ1) is 13.7. The number of benzene rings is 2. The summed E-state index contributed by atoms with van der Waals surface area (Å²) in [5.74, 6) is -0.0401. The lowest BCUT2D eigenvalue weighted by Gasteiger charge is -2.22. The molecule has 3 N–H and O–H groups in total. The SMILES string of the molecule is CCc1cc(O)ccc1OCc1c(OC(F)(F)F)cccc1N1NNN(C)C1=O. The van der Waals surface area contributed by atoms with Gasteiger partial charge in [0, 0.05) is 7.05 Å². The van der Waals surface area contributed by atoms with Gasteiger partial charge in [-0.2, -0.15) is 0 Å². The van der Waals surface area contributed by atoms with E-state index in [9.17, 15) is 23.1 Å². The summed E-state index contributed by atoms with van der Waals surface area (Å²) in [6.07, 6.45) is -4.38. The number of amides is 2. The molecule has 1 aliphatic rings. The highest BCUT2D eigenvalue weighted by atomic mass is 19.4. The van der Waals surface area contributed by atoms with E-state index in [-0.39, 0.29) is 23.6 Å². The molecule has 1 saturated heterocycles. The molecule has 3 rings (SSSR count). The number of nitrogens with zero attached hydrogens (tertiary/aromatic N) is 2.